The van der Waals surface area contributed by atoms with E-state index in [1.54, 1.807) is 0 Å². The minimum atomic E-state index is -0.772. The van der Waals surface area contributed by atoms with E-state index >= 15 is 0 Å². The lowest BCUT2D eigenvalue weighted by Gasteiger charge is -1.97. The minimum Gasteiger partial charge on any atom is -0.343 e. The van der Waals surface area contributed by atoms with E-state index in [1.165, 1.54) is 0 Å². The summed E-state index contributed by atoms with van der Waals surface area (Å²) in [6, 6.07) is 2.78. The first kappa shape index (κ1) is 10.8. The van der Waals surface area contributed by atoms with Crippen LogP contribution in [0.15, 0.2) is 22.7 Å². The van der Waals surface area contributed by atoms with Crippen LogP contribution in [0.2, 0.25) is 5.22 Å². The van der Waals surface area contributed by atoms with Crippen LogP contribution in [0.25, 0.3) is 11.3 Å². The second kappa shape index (κ2) is 4.02. The topological polar surface area (TPSA) is 43.1 Å². The molecule has 0 saturated carbocycles. The van der Waals surface area contributed by atoms with Crippen molar-refractivity contribution < 1.29 is 18.1 Å². The molecule has 0 aliphatic heterocycles. The van der Waals surface area contributed by atoms with Crippen LogP contribution in [0, 0.1) is 11.6 Å². The molecule has 0 amide bonds. The zero-order valence-electron chi connectivity index (χ0n) is 7.71. The van der Waals surface area contributed by atoms with Gasteiger partial charge in [0.2, 0.25) is 5.22 Å². The van der Waals surface area contributed by atoms with Gasteiger partial charge in [-0.25, -0.2) is 8.78 Å². The second-order valence-electron chi connectivity index (χ2n) is 2.99. The highest BCUT2D eigenvalue weighted by Crippen LogP contribution is 2.28. The number of hydrogen-bond acceptors (Lipinski definition) is 3. The Labute approximate surface area is 93.6 Å². The van der Waals surface area contributed by atoms with E-state index in [9.17, 15) is 13.6 Å². The van der Waals surface area contributed by atoms with E-state index in [-0.39, 0.29) is 22.0 Å². The lowest BCUT2D eigenvalue weighted by Crippen LogP contribution is -1.88. The number of rotatable bonds is 2. The maximum Gasteiger partial charge on any atom is 0.237 e. The fourth-order valence-electron chi connectivity index (χ4n) is 1.28. The molecule has 0 N–H and O–H groups in total. The summed E-state index contributed by atoms with van der Waals surface area (Å²) in [5.74, 6) is -1.54. The molecule has 1 aromatic heterocycles. The van der Waals surface area contributed by atoms with E-state index in [2.05, 4.69) is 9.68 Å². The first-order valence-corrected chi connectivity index (χ1v) is 4.56. The van der Waals surface area contributed by atoms with Gasteiger partial charge in [-0.05, 0) is 23.7 Å². The number of benzene rings is 1. The minimum absolute atomic E-state index is 0.0124. The van der Waals surface area contributed by atoms with Crippen molar-refractivity contribution in [1.29, 1.82) is 0 Å². The van der Waals surface area contributed by atoms with Crippen molar-refractivity contribution in [3.05, 3.63) is 40.6 Å². The highest BCUT2D eigenvalue weighted by Gasteiger charge is 2.16. The Balaban J connectivity index is 2.62. The molecule has 0 aliphatic carbocycles. The summed E-state index contributed by atoms with van der Waals surface area (Å²) in [5.41, 5.74) is 0.0697. The van der Waals surface area contributed by atoms with Crippen LogP contribution in [0.5, 0.6) is 0 Å². The summed E-state index contributed by atoms with van der Waals surface area (Å²) in [6.07, 6.45) is 0.414. The van der Waals surface area contributed by atoms with Gasteiger partial charge < -0.3 is 4.52 Å². The van der Waals surface area contributed by atoms with E-state index in [0.29, 0.717) is 12.4 Å². The van der Waals surface area contributed by atoms with Crippen LogP contribution in [0.3, 0.4) is 0 Å². The van der Waals surface area contributed by atoms with Gasteiger partial charge in [-0.3, -0.25) is 4.79 Å². The fraction of sp³-hybridized carbons (Fsp3) is 0. The highest BCUT2D eigenvalue weighted by atomic mass is 35.5. The van der Waals surface area contributed by atoms with Crippen molar-refractivity contribution in [3.8, 4) is 11.3 Å². The maximum atomic E-state index is 12.9. The van der Waals surface area contributed by atoms with Crippen LogP contribution in [0.4, 0.5) is 8.78 Å². The highest BCUT2D eigenvalue weighted by molar-refractivity contribution is 6.31. The van der Waals surface area contributed by atoms with Crippen molar-refractivity contribution in [1.82, 2.24) is 5.16 Å². The van der Waals surface area contributed by atoms with Gasteiger partial charge in [0.1, 0.15) is 22.9 Å². The summed E-state index contributed by atoms with van der Waals surface area (Å²) in [7, 11) is 0. The average molecular weight is 244 g/mol. The summed E-state index contributed by atoms with van der Waals surface area (Å²) in [5, 5.41) is 3.25. The van der Waals surface area contributed by atoms with Crippen molar-refractivity contribution in [2.24, 2.45) is 0 Å². The van der Waals surface area contributed by atoms with E-state index in [0.717, 1.165) is 12.1 Å². The molecule has 2 aromatic rings. The molecule has 0 unspecified atom stereocenters. The normalized spacial score (nSPS) is 10.4. The van der Waals surface area contributed by atoms with Crippen LogP contribution in [0.1, 0.15) is 10.4 Å². The molecule has 2 rings (SSSR count). The van der Waals surface area contributed by atoms with Gasteiger partial charge in [0.05, 0.1) is 0 Å². The number of aldehydes is 1. The largest absolute Gasteiger partial charge is 0.343 e. The van der Waals surface area contributed by atoms with Crippen molar-refractivity contribution in [2.75, 3.05) is 0 Å². The molecule has 0 fully saturated rings. The van der Waals surface area contributed by atoms with Gasteiger partial charge in [-0.1, -0.05) is 5.16 Å². The third kappa shape index (κ3) is 1.81. The summed E-state index contributed by atoms with van der Waals surface area (Å²) in [4.78, 5) is 10.7. The molecule has 1 heterocycles. The Morgan fingerprint density at radius 1 is 1.25 bits per heavy atom. The lowest BCUT2D eigenvalue weighted by atomic mass is 10.1. The Morgan fingerprint density at radius 2 is 1.88 bits per heavy atom. The number of nitrogens with zero attached hydrogens (tertiary/aromatic N) is 1. The summed E-state index contributed by atoms with van der Waals surface area (Å²) >= 11 is 5.53. The van der Waals surface area contributed by atoms with E-state index < -0.39 is 11.6 Å². The second-order valence-corrected chi connectivity index (χ2v) is 3.34. The Kier molecular flexibility index (Phi) is 2.70. The third-order valence-electron chi connectivity index (χ3n) is 1.94. The van der Waals surface area contributed by atoms with E-state index in [1.807, 2.05) is 0 Å². The maximum absolute atomic E-state index is 12.9. The average Bonchev–Trinajstić information content (AvgIpc) is 2.58. The van der Waals surface area contributed by atoms with Crippen LogP contribution >= 0.6 is 11.6 Å². The molecule has 0 aliphatic rings. The van der Waals surface area contributed by atoms with E-state index in [4.69, 9.17) is 11.6 Å². The van der Waals surface area contributed by atoms with Crippen molar-refractivity contribution in [2.45, 2.75) is 0 Å². The molecule has 0 radical (unpaired) electrons. The summed E-state index contributed by atoms with van der Waals surface area (Å²) < 4.78 is 30.4. The van der Waals surface area contributed by atoms with Crippen LogP contribution in [-0.2, 0) is 0 Å². The zero-order valence-corrected chi connectivity index (χ0v) is 8.46. The Bertz CT molecular complexity index is 533. The first-order chi connectivity index (χ1) is 7.61. The van der Waals surface area contributed by atoms with Gasteiger partial charge in [-0.2, -0.15) is 0 Å². The number of aromatic nitrogens is 1. The third-order valence-corrected chi connectivity index (χ3v) is 2.21. The van der Waals surface area contributed by atoms with Crippen LogP contribution in [-0.4, -0.2) is 11.4 Å². The molecule has 3 nitrogen and oxygen atoms in total. The zero-order chi connectivity index (χ0) is 11.7. The Morgan fingerprint density at radius 3 is 2.44 bits per heavy atom. The SMILES string of the molecule is O=Cc1c(-c2cc(F)cc(F)c2)noc1Cl. The predicted molar refractivity (Wildman–Crippen MR) is 52.3 cm³/mol. The summed E-state index contributed by atoms with van der Waals surface area (Å²) in [6.45, 7) is 0. The molecular formula is C10H4ClF2NO2. The van der Waals surface area contributed by atoms with Crippen molar-refractivity contribution in [3.63, 3.8) is 0 Å². The standard InChI is InChI=1S/C10H4ClF2NO2/c11-10-8(4-15)9(14-16-10)5-1-6(12)3-7(13)2-5/h1-4H. The number of carbonyl (C=O) groups is 1. The monoisotopic (exact) mass is 243 g/mol. The molecule has 0 atom stereocenters. The number of halogens is 3. The smallest absolute Gasteiger partial charge is 0.237 e. The van der Waals surface area contributed by atoms with Crippen LogP contribution < -0.4 is 0 Å². The molecule has 1 aromatic carbocycles. The Hall–Kier alpha value is -1.75. The molecule has 16 heavy (non-hydrogen) atoms. The number of carbonyl (C=O) groups excluding carboxylic acids is 1. The quantitative estimate of drug-likeness (QED) is 0.761. The molecule has 0 spiro atoms. The van der Waals surface area contributed by atoms with Gasteiger partial charge >= 0.3 is 0 Å². The van der Waals surface area contributed by atoms with Crippen molar-refractivity contribution >= 4 is 17.9 Å². The predicted octanol–water partition coefficient (Wildman–Crippen LogP) is 3.09. The fourth-order valence-corrected chi connectivity index (χ4v) is 1.45. The molecule has 0 saturated heterocycles. The molecular weight excluding hydrogens is 240 g/mol. The molecule has 6 heteroatoms. The molecule has 82 valence electrons. The number of hydrogen-bond donors (Lipinski definition) is 0. The first-order valence-electron chi connectivity index (χ1n) is 4.18. The van der Waals surface area contributed by atoms with Gasteiger partial charge in [0.15, 0.2) is 6.29 Å². The van der Waals surface area contributed by atoms with Gasteiger partial charge in [0.25, 0.3) is 0 Å². The molecule has 0 bridgehead atoms. The van der Waals surface area contributed by atoms with Gasteiger partial charge in [-0.15, -0.1) is 0 Å². The van der Waals surface area contributed by atoms with Gasteiger partial charge in [0, 0.05) is 11.6 Å². The lowest BCUT2D eigenvalue weighted by molar-refractivity contribution is 0.112.